The molecule has 2 aromatic heterocycles. The molecule has 0 radical (unpaired) electrons. The number of rotatable bonds is 3. The van der Waals surface area contributed by atoms with Gasteiger partial charge >= 0.3 is 0 Å². The van der Waals surface area contributed by atoms with Crippen LogP contribution < -0.4 is 10.6 Å². The molecule has 0 spiro atoms. The summed E-state index contributed by atoms with van der Waals surface area (Å²) in [4.78, 5) is 14.1. The van der Waals surface area contributed by atoms with Crippen LogP contribution in [0.15, 0.2) is 12.1 Å². The number of hydrogen-bond donors (Lipinski definition) is 2. The van der Waals surface area contributed by atoms with E-state index < -0.39 is 5.54 Å². The number of fused-ring (bicyclic) bond motifs is 1. The summed E-state index contributed by atoms with van der Waals surface area (Å²) < 4.78 is 0. The van der Waals surface area contributed by atoms with Crippen molar-refractivity contribution in [3.63, 3.8) is 0 Å². The van der Waals surface area contributed by atoms with Crippen LogP contribution in [0.2, 0.25) is 0 Å². The first-order chi connectivity index (χ1) is 7.94. The molecule has 0 fully saturated rings. The van der Waals surface area contributed by atoms with E-state index in [9.17, 15) is 0 Å². The van der Waals surface area contributed by atoms with Crippen LogP contribution in [0.5, 0.6) is 0 Å². The minimum atomic E-state index is -0.432. The van der Waals surface area contributed by atoms with Gasteiger partial charge in [-0.2, -0.15) is 0 Å². The van der Waals surface area contributed by atoms with Gasteiger partial charge in [0, 0.05) is 14.1 Å². The summed E-state index contributed by atoms with van der Waals surface area (Å²) in [5.41, 5.74) is 7.38. The van der Waals surface area contributed by atoms with Crippen molar-refractivity contribution in [3.05, 3.63) is 18.0 Å². The highest BCUT2D eigenvalue weighted by Gasteiger charge is 2.23. The summed E-state index contributed by atoms with van der Waals surface area (Å²) in [6, 6.07) is 3.95. The molecule has 3 N–H and O–H groups in total. The van der Waals surface area contributed by atoms with E-state index in [-0.39, 0.29) is 0 Å². The molecular weight excluding hydrogens is 214 g/mol. The van der Waals surface area contributed by atoms with Crippen molar-refractivity contribution in [2.24, 2.45) is 5.73 Å². The fourth-order valence-corrected chi connectivity index (χ4v) is 1.57. The van der Waals surface area contributed by atoms with Gasteiger partial charge in [-0.1, -0.05) is 6.92 Å². The minimum absolute atomic E-state index is 0.432. The maximum atomic E-state index is 6.17. The van der Waals surface area contributed by atoms with Crippen molar-refractivity contribution in [2.75, 3.05) is 19.0 Å². The van der Waals surface area contributed by atoms with Gasteiger partial charge in [-0.25, -0.2) is 9.97 Å². The third-order valence-corrected chi connectivity index (χ3v) is 3.06. The Balaban J connectivity index is 2.51. The lowest BCUT2D eigenvalue weighted by molar-refractivity contribution is 0.451. The van der Waals surface area contributed by atoms with Gasteiger partial charge < -0.3 is 15.6 Å². The predicted octanol–water partition coefficient (Wildman–Crippen LogP) is 1.61. The topological polar surface area (TPSA) is 70.8 Å². The fourth-order valence-electron chi connectivity index (χ4n) is 1.57. The Morgan fingerprint density at radius 2 is 2.06 bits per heavy atom. The molecule has 0 saturated carbocycles. The van der Waals surface area contributed by atoms with Gasteiger partial charge in [-0.3, -0.25) is 0 Å². The van der Waals surface area contributed by atoms with Crippen molar-refractivity contribution in [3.8, 4) is 0 Å². The molecular formula is C12H19N5. The molecule has 1 unspecified atom stereocenters. The number of aromatic amines is 1. The van der Waals surface area contributed by atoms with Crippen LogP contribution in [0, 0.1) is 0 Å². The molecule has 0 aromatic carbocycles. The molecule has 2 aromatic rings. The van der Waals surface area contributed by atoms with Gasteiger partial charge in [0.1, 0.15) is 11.6 Å². The van der Waals surface area contributed by atoms with E-state index in [1.54, 1.807) is 0 Å². The number of nitrogens with two attached hydrogens (primary N) is 1. The standard InChI is InChI=1S/C12H19N5/c1-5-12(2,13)11-14-8-6-7-9(17(3)4)15-10(8)16-11/h6-7H,5,13H2,1-4H3,(H,14,15,16). The Hall–Kier alpha value is -1.62. The van der Waals surface area contributed by atoms with Gasteiger partial charge in [0.25, 0.3) is 0 Å². The van der Waals surface area contributed by atoms with E-state index in [0.717, 1.165) is 29.2 Å². The van der Waals surface area contributed by atoms with Gasteiger partial charge in [-0.05, 0) is 25.5 Å². The molecule has 5 heteroatoms. The van der Waals surface area contributed by atoms with Crippen LogP contribution >= 0.6 is 0 Å². The van der Waals surface area contributed by atoms with Gasteiger partial charge in [-0.15, -0.1) is 0 Å². The fraction of sp³-hybridized carbons (Fsp3) is 0.500. The lowest BCUT2D eigenvalue weighted by Crippen LogP contribution is -2.33. The average molecular weight is 233 g/mol. The number of nitrogens with zero attached hydrogens (tertiary/aromatic N) is 3. The number of anilines is 1. The van der Waals surface area contributed by atoms with Crippen LogP contribution in [0.3, 0.4) is 0 Å². The van der Waals surface area contributed by atoms with E-state index in [1.165, 1.54) is 0 Å². The molecule has 0 saturated heterocycles. The van der Waals surface area contributed by atoms with Crippen LogP contribution in [0.1, 0.15) is 26.1 Å². The number of aromatic nitrogens is 3. The highest BCUT2D eigenvalue weighted by atomic mass is 15.2. The van der Waals surface area contributed by atoms with E-state index >= 15 is 0 Å². The number of imidazole rings is 1. The largest absolute Gasteiger partial charge is 0.363 e. The summed E-state index contributed by atoms with van der Waals surface area (Å²) in [6.07, 6.45) is 0.827. The lowest BCUT2D eigenvalue weighted by Gasteiger charge is -2.18. The van der Waals surface area contributed by atoms with E-state index in [4.69, 9.17) is 5.73 Å². The van der Waals surface area contributed by atoms with Crippen molar-refractivity contribution in [1.82, 2.24) is 15.0 Å². The number of H-pyrrole nitrogens is 1. The highest BCUT2D eigenvalue weighted by Crippen LogP contribution is 2.22. The third-order valence-electron chi connectivity index (χ3n) is 3.06. The molecule has 17 heavy (non-hydrogen) atoms. The van der Waals surface area contributed by atoms with Gasteiger partial charge in [0.05, 0.1) is 11.1 Å². The Morgan fingerprint density at radius 3 is 2.65 bits per heavy atom. The van der Waals surface area contributed by atoms with E-state index in [1.807, 2.05) is 45.0 Å². The molecule has 2 rings (SSSR count). The molecule has 0 aliphatic heterocycles. The number of pyridine rings is 1. The maximum absolute atomic E-state index is 6.17. The summed E-state index contributed by atoms with van der Waals surface area (Å²) in [5.74, 6) is 1.68. The molecule has 0 amide bonds. The summed E-state index contributed by atoms with van der Waals surface area (Å²) in [5, 5.41) is 0. The first kappa shape index (κ1) is 11.9. The van der Waals surface area contributed by atoms with Crippen molar-refractivity contribution in [2.45, 2.75) is 25.8 Å². The van der Waals surface area contributed by atoms with Crippen molar-refractivity contribution in [1.29, 1.82) is 0 Å². The zero-order valence-electron chi connectivity index (χ0n) is 10.8. The lowest BCUT2D eigenvalue weighted by atomic mass is 10.0. The molecule has 1 atom stereocenters. The normalized spacial score (nSPS) is 14.9. The first-order valence-electron chi connectivity index (χ1n) is 5.77. The quantitative estimate of drug-likeness (QED) is 0.845. The monoisotopic (exact) mass is 233 g/mol. The molecule has 92 valence electrons. The summed E-state index contributed by atoms with van der Waals surface area (Å²) in [6.45, 7) is 4.02. The van der Waals surface area contributed by atoms with E-state index in [2.05, 4.69) is 15.0 Å². The summed E-state index contributed by atoms with van der Waals surface area (Å²) >= 11 is 0. The molecule has 2 heterocycles. The molecule has 0 bridgehead atoms. The van der Waals surface area contributed by atoms with Gasteiger partial charge in [0.15, 0.2) is 5.65 Å². The second kappa shape index (κ2) is 4.00. The second-order valence-electron chi connectivity index (χ2n) is 4.79. The van der Waals surface area contributed by atoms with Crippen LogP contribution in [-0.2, 0) is 5.54 Å². The zero-order chi connectivity index (χ0) is 12.6. The Labute approximate surface area is 101 Å². The highest BCUT2D eigenvalue weighted by molar-refractivity contribution is 5.73. The number of hydrogen-bond acceptors (Lipinski definition) is 4. The molecule has 0 aliphatic rings. The average Bonchev–Trinajstić information content (AvgIpc) is 2.72. The van der Waals surface area contributed by atoms with Crippen molar-refractivity contribution >= 4 is 17.0 Å². The minimum Gasteiger partial charge on any atom is -0.363 e. The maximum Gasteiger partial charge on any atom is 0.179 e. The van der Waals surface area contributed by atoms with Gasteiger partial charge in [0.2, 0.25) is 0 Å². The zero-order valence-corrected chi connectivity index (χ0v) is 10.8. The Kier molecular flexibility index (Phi) is 2.79. The van der Waals surface area contributed by atoms with Crippen LogP contribution in [0.4, 0.5) is 5.82 Å². The third kappa shape index (κ3) is 2.10. The number of nitrogens with one attached hydrogen (secondary N) is 1. The van der Waals surface area contributed by atoms with Crippen LogP contribution in [-0.4, -0.2) is 29.0 Å². The first-order valence-corrected chi connectivity index (χ1v) is 5.77. The molecule has 0 aliphatic carbocycles. The SMILES string of the molecule is CCC(C)(N)c1nc2nc(N(C)C)ccc2[nH]1. The Bertz CT molecular complexity index is 527. The molecule has 5 nitrogen and oxygen atoms in total. The Morgan fingerprint density at radius 1 is 1.35 bits per heavy atom. The van der Waals surface area contributed by atoms with Crippen LogP contribution in [0.25, 0.3) is 11.2 Å². The summed E-state index contributed by atoms with van der Waals surface area (Å²) in [7, 11) is 3.92. The van der Waals surface area contributed by atoms with E-state index in [0.29, 0.717) is 0 Å². The smallest absolute Gasteiger partial charge is 0.179 e. The predicted molar refractivity (Wildman–Crippen MR) is 70.0 cm³/mol. The second-order valence-corrected chi connectivity index (χ2v) is 4.79. The van der Waals surface area contributed by atoms with Crippen molar-refractivity contribution < 1.29 is 0 Å².